The van der Waals surface area contributed by atoms with Crippen LogP contribution >= 0.6 is 0 Å². The zero-order valence-corrected chi connectivity index (χ0v) is 10.3. The SMILES string of the molecule is COc1cccc(N2CC(CCO)OCC2=O)c1. The smallest absolute Gasteiger partial charge is 0.253 e. The van der Waals surface area contributed by atoms with E-state index in [-0.39, 0.29) is 25.2 Å². The van der Waals surface area contributed by atoms with E-state index in [0.29, 0.717) is 18.7 Å². The van der Waals surface area contributed by atoms with Crippen LogP contribution in [0, 0.1) is 0 Å². The van der Waals surface area contributed by atoms with Gasteiger partial charge in [-0.3, -0.25) is 4.79 Å². The average Bonchev–Trinajstić information content (AvgIpc) is 2.41. The van der Waals surface area contributed by atoms with Gasteiger partial charge in [0.05, 0.1) is 19.8 Å². The quantitative estimate of drug-likeness (QED) is 0.860. The molecule has 5 heteroatoms. The van der Waals surface area contributed by atoms with Crippen LogP contribution in [0.15, 0.2) is 24.3 Å². The molecule has 98 valence electrons. The number of aliphatic hydroxyl groups excluding tert-OH is 1. The molecule has 2 rings (SSSR count). The summed E-state index contributed by atoms with van der Waals surface area (Å²) in [6, 6.07) is 7.36. The van der Waals surface area contributed by atoms with E-state index in [1.54, 1.807) is 12.0 Å². The molecule has 18 heavy (non-hydrogen) atoms. The van der Waals surface area contributed by atoms with Gasteiger partial charge in [0, 0.05) is 18.4 Å². The lowest BCUT2D eigenvalue weighted by atomic mass is 10.2. The van der Waals surface area contributed by atoms with Gasteiger partial charge in [-0.25, -0.2) is 0 Å². The van der Waals surface area contributed by atoms with Crippen molar-refractivity contribution in [1.82, 2.24) is 0 Å². The third-order valence-electron chi connectivity index (χ3n) is 2.95. The second-order valence-electron chi connectivity index (χ2n) is 4.15. The van der Waals surface area contributed by atoms with E-state index >= 15 is 0 Å². The summed E-state index contributed by atoms with van der Waals surface area (Å²) < 4.78 is 10.5. The number of aliphatic hydroxyl groups is 1. The molecule has 1 saturated heterocycles. The number of carbonyl (C=O) groups excluding carboxylic acids is 1. The molecule has 1 fully saturated rings. The standard InChI is InChI=1S/C13H17NO4/c1-17-11-4-2-3-10(7-11)14-8-12(5-6-15)18-9-13(14)16/h2-4,7,12,15H,5-6,8-9H2,1H3. The second-order valence-corrected chi connectivity index (χ2v) is 4.15. The number of benzene rings is 1. The molecule has 0 aromatic heterocycles. The van der Waals surface area contributed by atoms with E-state index in [1.165, 1.54) is 0 Å². The Hall–Kier alpha value is -1.59. The second kappa shape index (κ2) is 5.84. The number of morpholine rings is 1. The van der Waals surface area contributed by atoms with Crippen LogP contribution in [0.3, 0.4) is 0 Å². The predicted molar refractivity (Wildman–Crippen MR) is 66.8 cm³/mol. The Kier molecular flexibility index (Phi) is 4.17. The van der Waals surface area contributed by atoms with Gasteiger partial charge >= 0.3 is 0 Å². The zero-order valence-electron chi connectivity index (χ0n) is 10.3. The van der Waals surface area contributed by atoms with Gasteiger partial charge in [0.1, 0.15) is 12.4 Å². The molecule has 1 amide bonds. The maximum absolute atomic E-state index is 11.8. The highest BCUT2D eigenvalue weighted by atomic mass is 16.5. The minimum Gasteiger partial charge on any atom is -0.497 e. The Labute approximate surface area is 106 Å². The van der Waals surface area contributed by atoms with E-state index in [1.807, 2.05) is 24.3 Å². The highest BCUT2D eigenvalue weighted by molar-refractivity contribution is 5.95. The molecule has 0 bridgehead atoms. The normalized spacial score (nSPS) is 20.0. The lowest BCUT2D eigenvalue weighted by Gasteiger charge is -2.32. The molecule has 1 N–H and O–H groups in total. The van der Waals surface area contributed by atoms with E-state index in [0.717, 1.165) is 5.69 Å². The maximum Gasteiger partial charge on any atom is 0.253 e. The Morgan fingerprint density at radius 3 is 3.11 bits per heavy atom. The van der Waals surface area contributed by atoms with Crippen LogP contribution in [0.4, 0.5) is 5.69 Å². The van der Waals surface area contributed by atoms with Crippen LogP contribution in [0.25, 0.3) is 0 Å². The van der Waals surface area contributed by atoms with Crippen molar-refractivity contribution in [2.24, 2.45) is 0 Å². The van der Waals surface area contributed by atoms with Crippen molar-refractivity contribution >= 4 is 11.6 Å². The van der Waals surface area contributed by atoms with Gasteiger partial charge in [0.25, 0.3) is 5.91 Å². The first kappa shape index (κ1) is 12.9. The van der Waals surface area contributed by atoms with Gasteiger partial charge in [-0.05, 0) is 18.6 Å². The number of methoxy groups -OCH3 is 1. The highest BCUT2D eigenvalue weighted by Gasteiger charge is 2.27. The lowest BCUT2D eigenvalue weighted by Crippen LogP contribution is -2.47. The van der Waals surface area contributed by atoms with Crippen molar-refractivity contribution in [3.8, 4) is 5.75 Å². The number of nitrogens with zero attached hydrogens (tertiary/aromatic N) is 1. The molecule has 1 atom stereocenters. The van der Waals surface area contributed by atoms with Gasteiger partial charge < -0.3 is 19.5 Å². The molecular formula is C13H17NO4. The third kappa shape index (κ3) is 2.80. The summed E-state index contributed by atoms with van der Waals surface area (Å²) in [6.07, 6.45) is 0.423. The van der Waals surface area contributed by atoms with Crippen LogP contribution in [-0.2, 0) is 9.53 Å². The van der Waals surface area contributed by atoms with Crippen molar-refractivity contribution in [1.29, 1.82) is 0 Å². The van der Waals surface area contributed by atoms with E-state index in [2.05, 4.69) is 0 Å². The van der Waals surface area contributed by atoms with Gasteiger partial charge in [0.2, 0.25) is 0 Å². The first-order valence-corrected chi connectivity index (χ1v) is 5.91. The topological polar surface area (TPSA) is 59.0 Å². The van der Waals surface area contributed by atoms with Crippen LogP contribution in [0.2, 0.25) is 0 Å². The highest BCUT2D eigenvalue weighted by Crippen LogP contribution is 2.23. The minimum absolute atomic E-state index is 0.0574. The van der Waals surface area contributed by atoms with Crippen molar-refractivity contribution < 1.29 is 19.4 Å². The Morgan fingerprint density at radius 1 is 1.56 bits per heavy atom. The predicted octanol–water partition coefficient (Wildman–Crippen LogP) is 0.809. The Morgan fingerprint density at radius 2 is 2.39 bits per heavy atom. The first-order chi connectivity index (χ1) is 8.74. The number of hydrogen-bond donors (Lipinski definition) is 1. The minimum atomic E-state index is -0.112. The van der Waals surface area contributed by atoms with E-state index in [4.69, 9.17) is 14.6 Å². The summed E-state index contributed by atoms with van der Waals surface area (Å²) in [6.45, 7) is 0.583. The summed E-state index contributed by atoms with van der Waals surface area (Å²) in [5.74, 6) is 0.642. The van der Waals surface area contributed by atoms with Gasteiger partial charge in [0.15, 0.2) is 0 Å². The van der Waals surface area contributed by atoms with Crippen LogP contribution < -0.4 is 9.64 Å². The Balaban J connectivity index is 2.15. The lowest BCUT2D eigenvalue weighted by molar-refractivity contribution is -0.129. The molecule has 0 saturated carbocycles. The van der Waals surface area contributed by atoms with Crippen molar-refractivity contribution in [2.45, 2.75) is 12.5 Å². The summed E-state index contributed by atoms with van der Waals surface area (Å²) in [4.78, 5) is 13.5. The molecule has 0 aliphatic carbocycles. The molecule has 5 nitrogen and oxygen atoms in total. The Bertz CT molecular complexity index is 421. The van der Waals surface area contributed by atoms with Gasteiger partial charge in [-0.15, -0.1) is 0 Å². The van der Waals surface area contributed by atoms with Crippen molar-refractivity contribution in [2.75, 3.05) is 31.8 Å². The maximum atomic E-state index is 11.8. The zero-order chi connectivity index (χ0) is 13.0. The molecule has 0 radical (unpaired) electrons. The fourth-order valence-corrected chi connectivity index (χ4v) is 1.97. The summed E-state index contributed by atoms with van der Waals surface area (Å²) >= 11 is 0. The van der Waals surface area contributed by atoms with E-state index in [9.17, 15) is 4.79 Å². The fraction of sp³-hybridized carbons (Fsp3) is 0.462. The molecule has 1 aliphatic heterocycles. The first-order valence-electron chi connectivity index (χ1n) is 5.91. The summed E-state index contributed by atoms with van der Waals surface area (Å²) in [5, 5.41) is 8.92. The molecule has 1 unspecified atom stereocenters. The third-order valence-corrected chi connectivity index (χ3v) is 2.95. The number of ether oxygens (including phenoxy) is 2. The fourth-order valence-electron chi connectivity index (χ4n) is 1.97. The van der Waals surface area contributed by atoms with Crippen LogP contribution in [0.1, 0.15) is 6.42 Å². The number of anilines is 1. The molecule has 1 heterocycles. The summed E-state index contributed by atoms with van der Waals surface area (Å²) in [7, 11) is 1.59. The average molecular weight is 251 g/mol. The number of hydrogen-bond acceptors (Lipinski definition) is 4. The van der Waals surface area contributed by atoms with Crippen LogP contribution in [-0.4, -0.2) is 44.0 Å². The molecule has 0 spiro atoms. The molecule has 1 aromatic rings. The molecule has 1 aliphatic rings. The van der Waals surface area contributed by atoms with Gasteiger partial charge in [-0.2, -0.15) is 0 Å². The number of carbonyl (C=O) groups is 1. The summed E-state index contributed by atoms with van der Waals surface area (Å²) in [5.41, 5.74) is 0.797. The van der Waals surface area contributed by atoms with Crippen molar-refractivity contribution in [3.63, 3.8) is 0 Å². The monoisotopic (exact) mass is 251 g/mol. The number of amides is 1. The molecule has 1 aromatic carbocycles. The van der Waals surface area contributed by atoms with E-state index < -0.39 is 0 Å². The largest absolute Gasteiger partial charge is 0.497 e. The number of rotatable bonds is 4. The van der Waals surface area contributed by atoms with Gasteiger partial charge in [-0.1, -0.05) is 6.07 Å². The van der Waals surface area contributed by atoms with Crippen molar-refractivity contribution in [3.05, 3.63) is 24.3 Å². The molecular weight excluding hydrogens is 234 g/mol. The van der Waals surface area contributed by atoms with Crippen LogP contribution in [0.5, 0.6) is 5.75 Å².